The molecule has 1 saturated heterocycles. The first kappa shape index (κ1) is 30.1. The van der Waals surface area contributed by atoms with Crippen LogP contribution >= 0.6 is 0 Å². The first-order chi connectivity index (χ1) is 19.0. The zero-order chi connectivity index (χ0) is 29.2. The minimum Gasteiger partial charge on any atom is -0.508 e. The summed E-state index contributed by atoms with van der Waals surface area (Å²) in [5, 5.41) is 24.1. The van der Waals surface area contributed by atoms with E-state index < -0.39 is 47.9 Å². The molecular weight excluding hydrogens is 518 g/mol. The third-order valence-electron chi connectivity index (χ3n) is 6.76. The van der Waals surface area contributed by atoms with Gasteiger partial charge in [0.1, 0.15) is 23.9 Å². The van der Waals surface area contributed by atoms with Crippen LogP contribution in [-0.2, 0) is 36.8 Å². The Kier molecular flexibility index (Phi) is 10.6. The molecule has 0 spiro atoms. The predicted molar refractivity (Wildman–Crippen MR) is 145 cm³/mol. The highest BCUT2D eigenvalue weighted by atomic mass is 16.4. The molecule has 8 N–H and O–H groups in total. The Hall–Kier alpha value is -4.45. The Morgan fingerprint density at radius 1 is 0.925 bits per heavy atom. The second-order valence-electron chi connectivity index (χ2n) is 9.82. The van der Waals surface area contributed by atoms with Crippen molar-refractivity contribution >= 4 is 29.6 Å². The Balaban J connectivity index is 1.74. The number of nitrogens with one attached hydrogen (secondary N) is 2. The van der Waals surface area contributed by atoms with Gasteiger partial charge in [-0.25, -0.2) is 4.79 Å². The smallest absolute Gasteiger partial charge is 0.326 e. The van der Waals surface area contributed by atoms with Crippen LogP contribution in [0.5, 0.6) is 5.75 Å². The number of carboxylic acid groups (broad SMARTS) is 1. The fourth-order valence-electron chi connectivity index (χ4n) is 4.63. The maximum atomic E-state index is 13.4. The van der Waals surface area contributed by atoms with Gasteiger partial charge in [-0.15, -0.1) is 0 Å². The van der Waals surface area contributed by atoms with Crippen molar-refractivity contribution in [3.05, 3.63) is 65.7 Å². The van der Waals surface area contributed by atoms with Gasteiger partial charge in [-0.3, -0.25) is 19.2 Å². The van der Waals surface area contributed by atoms with Crippen molar-refractivity contribution in [2.75, 3.05) is 6.54 Å². The highest BCUT2D eigenvalue weighted by Crippen LogP contribution is 2.20. The molecule has 0 saturated carbocycles. The van der Waals surface area contributed by atoms with Crippen molar-refractivity contribution in [3.63, 3.8) is 0 Å². The molecule has 12 nitrogen and oxygen atoms in total. The van der Waals surface area contributed by atoms with E-state index in [2.05, 4.69) is 10.6 Å². The number of carbonyl (C=O) groups excluding carboxylic acids is 4. The molecule has 1 aliphatic rings. The summed E-state index contributed by atoms with van der Waals surface area (Å²) in [7, 11) is 0. The third-order valence-corrected chi connectivity index (χ3v) is 6.76. The Bertz CT molecular complexity index is 1210. The lowest BCUT2D eigenvalue weighted by Gasteiger charge is -2.29. The van der Waals surface area contributed by atoms with Crippen LogP contribution in [-0.4, -0.2) is 75.4 Å². The molecule has 1 fully saturated rings. The average Bonchev–Trinajstić information content (AvgIpc) is 3.41. The van der Waals surface area contributed by atoms with Gasteiger partial charge in [0.05, 0.1) is 6.04 Å². The molecule has 214 valence electrons. The number of hydrogen-bond donors (Lipinski definition) is 6. The number of aliphatic carboxylic acids is 1. The van der Waals surface area contributed by atoms with Gasteiger partial charge < -0.3 is 37.2 Å². The van der Waals surface area contributed by atoms with Gasteiger partial charge >= 0.3 is 5.97 Å². The monoisotopic (exact) mass is 553 g/mol. The maximum Gasteiger partial charge on any atom is 0.326 e. The number of hydrogen-bond acceptors (Lipinski definition) is 7. The summed E-state index contributed by atoms with van der Waals surface area (Å²) in [5.74, 6) is -3.79. The van der Waals surface area contributed by atoms with Gasteiger partial charge in [-0.05, 0) is 48.9 Å². The predicted octanol–water partition coefficient (Wildman–Crippen LogP) is -0.185. The number of aromatic hydroxyl groups is 1. The van der Waals surface area contributed by atoms with Crippen LogP contribution in [0, 0.1) is 0 Å². The molecule has 0 aliphatic carbocycles. The lowest BCUT2D eigenvalue weighted by Crippen LogP contribution is -2.57. The number of carbonyl (C=O) groups is 5. The number of primary amides is 1. The van der Waals surface area contributed by atoms with E-state index in [4.69, 9.17) is 11.5 Å². The summed E-state index contributed by atoms with van der Waals surface area (Å²) >= 11 is 0. The number of amides is 4. The first-order valence-corrected chi connectivity index (χ1v) is 13.0. The van der Waals surface area contributed by atoms with Crippen molar-refractivity contribution in [3.8, 4) is 5.75 Å². The number of phenols is 1. The summed E-state index contributed by atoms with van der Waals surface area (Å²) in [6.07, 6.45) is 0.756. The number of benzene rings is 2. The van der Waals surface area contributed by atoms with E-state index in [-0.39, 0.29) is 30.9 Å². The Labute approximate surface area is 231 Å². The number of rotatable bonds is 13. The van der Waals surface area contributed by atoms with Gasteiger partial charge in [0, 0.05) is 19.4 Å². The van der Waals surface area contributed by atoms with E-state index in [1.54, 1.807) is 12.1 Å². The van der Waals surface area contributed by atoms with E-state index in [0.717, 1.165) is 5.56 Å². The summed E-state index contributed by atoms with van der Waals surface area (Å²) in [5.41, 5.74) is 12.8. The zero-order valence-electron chi connectivity index (χ0n) is 22.0. The molecule has 4 amide bonds. The van der Waals surface area contributed by atoms with Crippen LogP contribution in [0.15, 0.2) is 54.6 Å². The highest BCUT2D eigenvalue weighted by Gasteiger charge is 2.38. The number of nitrogens with two attached hydrogens (primary N) is 2. The first-order valence-electron chi connectivity index (χ1n) is 13.0. The number of nitrogens with zero attached hydrogens (tertiary/aromatic N) is 1. The van der Waals surface area contributed by atoms with Gasteiger partial charge in [-0.2, -0.15) is 0 Å². The number of carboxylic acids is 1. The molecule has 0 bridgehead atoms. The molecule has 0 aromatic heterocycles. The quantitative estimate of drug-likeness (QED) is 0.196. The van der Waals surface area contributed by atoms with Crippen molar-refractivity contribution < 1.29 is 34.2 Å². The molecule has 4 atom stereocenters. The van der Waals surface area contributed by atoms with E-state index in [1.807, 2.05) is 30.3 Å². The topological polar surface area (TPSA) is 205 Å². The van der Waals surface area contributed by atoms with E-state index in [0.29, 0.717) is 31.4 Å². The van der Waals surface area contributed by atoms with Crippen LogP contribution in [0.4, 0.5) is 0 Å². The van der Waals surface area contributed by atoms with Crippen molar-refractivity contribution in [1.82, 2.24) is 15.5 Å². The van der Waals surface area contributed by atoms with Gasteiger partial charge in [0.25, 0.3) is 0 Å². The molecule has 4 unspecified atom stereocenters. The largest absolute Gasteiger partial charge is 0.508 e. The van der Waals surface area contributed by atoms with Crippen molar-refractivity contribution in [1.29, 1.82) is 0 Å². The SMILES string of the molecule is NC(=O)CCC(NC(=O)C(Cc1ccc(O)cc1)NC(=O)C1CCCN1C(=O)C(N)Cc1ccccc1)C(=O)O. The average molecular weight is 554 g/mol. The summed E-state index contributed by atoms with van der Waals surface area (Å²) < 4.78 is 0. The van der Waals surface area contributed by atoms with Crippen molar-refractivity contribution in [2.45, 2.75) is 62.7 Å². The van der Waals surface area contributed by atoms with Crippen LogP contribution < -0.4 is 22.1 Å². The second-order valence-corrected chi connectivity index (χ2v) is 9.82. The highest BCUT2D eigenvalue weighted by molar-refractivity contribution is 5.94. The fourth-order valence-corrected chi connectivity index (χ4v) is 4.63. The van der Waals surface area contributed by atoms with E-state index in [1.165, 1.54) is 17.0 Å². The summed E-state index contributed by atoms with van der Waals surface area (Å²) in [6.45, 7) is 0.336. The van der Waals surface area contributed by atoms with Gasteiger partial charge in [0.2, 0.25) is 23.6 Å². The molecule has 2 aromatic carbocycles. The number of likely N-dealkylation sites (tertiary alicyclic amines) is 1. The van der Waals surface area contributed by atoms with Crippen LogP contribution in [0.2, 0.25) is 0 Å². The maximum absolute atomic E-state index is 13.4. The van der Waals surface area contributed by atoms with Crippen LogP contribution in [0.25, 0.3) is 0 Å². The minimum atomic E-state index is -1.40. The molecular formula is C28H35N5O7. The van der Waals surface area contributed by atoms with Crippen LogP contribution in [0.1, 0.15) is 36.8 Å². The summed E-state index contributed by atoms with van der Waals surface area (Å²) in [6, 6.07) is 10.9. The lowest BCUT2D eigenvalue weighted by atomic mass is 10.0. The fraction of sp³-hybridized carbons (Fsp3) is 0.393. The molecule has 1 aliphatic heterocycles. The normalized spacial score (nSPS) is 16.9. The molecule has 0 radical (unpaired) electrons. The Morgan fingerprint density at radius 3 is 2.20 bits per heavy atom. The molecule has 12 heteroatoms. The molecule has 40 heavy (non-hydrogen) atoms. The second kappa shape index (κ2) is 14.1. The van der Waals surface area contributed by atoms with Gasteiger partial charge in [0.15, 0.2) is 0 Å². The molecule has 3 rings (SSSR count). The van der Waals surface area contributed by atoms with E-state index >= 15 is 0 Å². The minimum absolute atomic E-state index is 0.0122. The molecule has 1 heterocycles. The van der Waals surface area contributed by atoms with Crippen LogP contribution in [0.3, 0.4) is 0 Å². The van der Waals surface area contributed by atoms with Gasteiger partial charge in [-0.1, -0.05) is 42.5 Å². The van der Waals surface area contributed by atoms with E-state index in [9.17, 15) is 34.2 Å². The number of phenolic OH excluding ortho intramolecular Hbond substituents is 1. The zero-order valence-corrected chi connectivity index (χ0v) is 22.0. The van der Waals surface area contributed by atoms with Crippen molar-refractivity contribution in [2.24, 2.45) is 11.5 Å². The third kappa shape index (κ3) is 8.53. The Morgan fingerprint density at radius 2 is 1.57 bits per heavy atom. The lowest BCUT2D eigenvalue weighted by molar-refractivity contribution is -0.143. The summed E-state index contributed by atoms with van der Waals surface area (Å²) in [4.78, 5) is 64.0. The standard InChI is InChI=1S/C28H35N5O7/c29-20(15-17-5-2-1-3-6-17)27(38)33-14-4-7-23(33)26(37)32-22(16-18-8-10-19(34)11-9-18)25(36)31-21(28(39)40)12-13-24(30)35/h1-3,5-6,8-11,20-23,34H,4,7,12-16,29H2,(H2,30,35)(H,31,36)(H,32,37)(H,39,40). The molecule has 2 aromatic rings.